The molecule has 0 atom stereocenters. The van der Waals surface area contributed by atoms with Gasteiger partial charge in [-0.1, -0.05) is 11.6 Å². The van der Waals surface area contributed by atoms with Crippen molar-refractivity contribution in [3.05, 3.63) is 16.4 Å². The van der Waals surface area contributed by atoms with Gasteiger partial charge in [0.2, 0.25) is 0 Å². The van der Waals surface area contributed by atoms with Gasteiger partial charge in [-0.05, 0) is 19.8 Å². The van der Waals surface area contributed by atoms with E-state index >= 15 is 0 Å². The molecule has 94 valence electrons. The average molecular weight is 256 g/mol. The molecule has 0 N–H and O–H groups in total. The Hall–Kier alpha value is -0.580. The number of nitrogens with zero attached hydrogens (tertiary/aromatic N) is 3. The molecule has 0 unspecified atom stereocenters. The van der Waals surface area contributed by atoms with E-state index in [4.69, 9.17) is 16.3 Å². The van der Waals surface area contributed by atoms with Crippen LogP contribution in [0.1, 0.15) is 24.2 Å². The highest BCUT2D eigenvalue weighted by atomic mass is 35.5. The van der Waals surface area contributed by atoms with Gasteiger partial charge in [0.05, 0.1) is 29.6 Å². The molecule has 1 spiro atoms. The topological polar surface area (TPSA) is 30.3 Å². The van der Waals surface area contributed by atoms with Gasteiger partial charge in [-0.2, -0.15) is 5.10 Å². The summed E-state index contributed by atoms with van der Waals surface area (Å²) in [6.07, 6.45) is 2.49. The zero-order chi connectivity index (χ0) is 12.0. The number of ether oxygens (including phenoxy) is 1. The highest BCUT2D eigenvalue weighted by molar-refractivity contribution is 6.31. The van der Waals surface area contributed by atoms with E-state index in [1.165, 1.54) is 12.8 Å². The minimum atomic E-state index is 0.299. The minimum absolute atomic E-state index is 0.299. The van der Waals surface area contributed by atoms with E-state index in [-0.39, 0.29) is 0 Å². The predicted molar refractivity (Wildman–Crippen MR) is 66.1 cm³/mol. The van der Waals surface area contributed by atoms with Crippen molar-refractivity contribution in [2.75, 3.05) is 19.8 Å². The summed E-state index contributed by atoms with van der Waals surface area (Å²) < 4.78 is 7.43. The lowest BCUT2D eigenvalue weighted by atomic mass is 10.2. The molecule has 0 radical (unpaired) electrons. The van der Waals surface area contributed by atoms with E-state index in [1.54, 1.807) is 0 Å². The molecule has 1 aromatic heterocycles. The zero-order valence-corrected chi connectivity index (χ0v) is 11.1. The second-order valence-electron chi connectivity index (χ2n) is 5.17. The summed E-state index contributed by atoms with van der Waals surface area (Å²) in [5.41, 5.74) is 2.34. The minimum Gasteiger partial charge on any atom is -0.378 e. The summed E-state index contributed by atoms with van der Waals surface area (Å²) in [4.78, 5) is 2.49. The Morgan fingerprint density at radius 1 is 1.47 bits per heavy atom. The summed E-state index contributed by atoms with van der Waals surface area (Å²) in [5.74, 6) is 0. The van der Waals surface area contributed by atoms with Crippen molar-refractivity contribution in [3.8, 4) is 0 Å². The van der Waals surface area contributed by atoms with Crippen LogP contribution in [0.2, 0.25) is 5.02 Å². The van der Waals surface area contributed by atoms with Gasteiger partial charge in [-0.3, -0.25) is 9.58 Å². The standard InChI is InChI=1S/C12H18ClN3O/c1-9-11(13)10(14-15(9)2)7-16-5-6-17-8-12(16)3-4-12/h3-8H2,1-2H3. The summed E-state index contributed by atoms with van der Waals surface area (Å²) in [6.45, 7) is 5.54. The van der Waals surface area contributed by atoms with Gasteiger partial charge in [-0.25, -0.2) is 0 Å². The Morgan fingerprint density at radius 2 is 2.24 bits per heavy atom. The SMILES string of the molecule is Cc1c(Cl)c(CN2CCOCC23CC3)nn1C. The molecule has 0 amide bonds. The Kier molecular flexibility index (Phi) is 2.69. The molecule has 1 saturated carbocycles. The van der Waals surface area contributed by atoms with Crippen LogP contribution < -0.4 is 0 Å². The molecular formula is C12H18ClN3O. The molecule has 1 saturated heterocycles. The number of hydrogen-bond acceptors (Lipinski definition) is 3. The Balaban J connectivity index is 1.80. The van der Waals surface area contributed by atoms with Crippen LogP contribution in [0.4, 0.5) is 0 Å². The van der Waals surface area contributed by atoms with Crippen molar-refractivity contribution in [3.63, 3.8) is 0 Å². The molecule has 3 rings (SSSR count). The normalized spacial score (nSPS) is 23.2. The molecule has 2 heterocycles. The third-order valence-electron chi connectivity index (χ3n) is 4.04. The van der Waals surface area contributed by atoms with Crippen LogP contribution in [0.15, 0.2) is 0 Å². The van der Waals surface area contributed by atoms with Gasteiger partial charge < -0.3 is 4.74 Å². The number of morpholine rings is 1. The molecule has 1 aliphatic carbocycles. The Bertz CT molecular complexity index is 439. The van der Waals surface area contributed by atoms with E-state index in [0.29, 0.717) is 5.54 Å². The van der Waals surface area contributed by atoms with Gasteiger partial charge in [0, 0.05) is 25.7 Å². The first kappa shape index (κ1) is 11.5. The van der Waals surface area contributed by atoms with Crippen LogP contribution in [0.5, 0.6) is 0 Å². The summed E-state index contributed by atoms with van der Waals surface area (Å²) >= 11 is 6.31. The second-order valence-corrected chi connectivity index (χ2v) is 5.55. The summed E-state index contributed by atoms with van der Waals surface area (Å²) in [7, 11) is 1.94. The zero-order valence-electron chi connectivity index (χ0n) is 10.4. The average Bonchev–Trinajstić information content (AvgIpc) is 3.05. The molecule has 2 fully saturated rings. The van der Waals surface area contributed by atoms with Gasteiger partial charge in [-0.15, -0.1) is 0 Å². The highest BCUT2D eigenvalue weighted by Crippen LogP contribution is 2.44. The van der Waals surface area contributed by atoms with Gasteiger partial charge in [0.1, 0.15) is 0 Å². The van der Waals surface area contributed by atoms with E-state index in [0.717, 1.165) is 42.7 Å². The quantitative estimate of drug-likeness (QED) is 0.807. The molecule has 2 aliphatic rings. The fraction of sp³-hybridized carbons (Fsp3) is 0.750. The summed E-state index contributed by atoms with van der Waals surface area (Å²) in [6, 6.07) is 0. The number of hydrogen-bond donors (Lipinski definition) is 0. The molecule has 1 aliphatic heterocycles. The van der Waals surface area contributed by atoms with Crippen LogP contribution in [0, 0.1) is 6.92 Å². The van der Waals surface area contributed by atoms with Crippen LogP contribution in [-0.4, -0.2) is 40.0 Å². The summed E-state index contributed by atoms with van der Waals surface area (Å²) in [5, 5.41) is 5.31. The third-order valence-corrected chi connectivity index (χ3v) is 4.53. The smallest absolute Gasteiger partial charge is 0.0953 e. The monoisotopic (exact) mass is 255 g/mol. The fourth-order valence-corrected chi connectivity index (χ4v) is 2.77. The number of aromatic nitrogens is 2. The van der Waals surface area contributed by atoms with Crippen LogP contribution in [0.3, 0.4) is 0 Å². The maximum absolute atomic E-state index is 6.31. The lowest BCUT2D eigenvalue weighted by Crippen LogP contribution is -2.46. The van der Waals surface area contributed by atoms with Gasteiger partial charge in [0.25, 0.3) is 0 Å². The van der Waals surface area contributed by atoms with Crippen molar-refractivity contribution in [1.29, 1.82) is 0 Å². The lowest BCUT2D eigenvalue weighted by Gasteiger charge is -2.35. The second kappa shape index (κ2) is 3.97. The van der Waals surface area contributed by atoms with Crippen molar-refractivity contribution >= 4 is 11.6 Å². The van der Waals surface area contributed by atoms with Crippen LogP contribution >= 0.6 is 11.6 Å². The molecule has 17 heavy (non-hydrogen) atoms. The van der Waals surface area contributed by atoms with Crippen LogP contribution in [-0.2, 0) is 18.3 Å². The lowest BCUT2D eigenvalue weighted by molar-refractivity contribution is -0.0250. The van der Waals surface area contributed by atoms with E-state index in [9.17, 15) is 0 Å². The van der Waals surface area contributed by atoms with E-state index in [1.807, 2.05) is 18.7 Å². The molecule has 0 bridgehead atoms. The van der Waals surface area contributed by atoms with Gasteiger partial charge in [0.15, 0.2) is 0 Å². The Labute approximate surface area is 106 Å². The molecule has 4 nitrogen and oxygen atoms in total. The first-order chi connectivity index (χ1) is 8.12. The van der Waals surface area contributed by atoms with Crippen LogP contribution in [0.25, 0.3) is 0 Å². The Morgan fingerprint density at radius 3 is 2.82 bits per heavy atom. The molecular weight excluding hydrogens is 238 g/mol. The molecule has 5 heteroatoms. The first-order valence-corrected chi connectivity index (χ1v) is 6.51. The van der Waals surface area contributed by atoms with Crippen molar-refractivity contribution < 1.29 is 4.74 Å². The molecule has 0 aromatic carbocycles. The predicted octanol–water partition coefficient (Wildman–Crippen LogP) is 1.75. The molecule has 1 aromatic rings. The third kappa shape index (κ3) is 1.88. The van der Waals surface area contributed by atoms with Crippen molar-refractivity contribution in [2.24, 2.45) is 7.05 Å². The first-order valence-electron chi connectivity index (χ1n) is 6.13. The largest absolute Gasteiger partial charge is 0.378 e. The number of aryl methyl sites for hydroxylation is 1. The maximum Gasteiger partial charge on any atom is 0.0953 e. The van der Waals surface area contributed by atoms with E-state index < -0.39 is 0 Å². The maximum atomic E-state index is 6.31. The highest BCUT2D eigenvalue weighted by Gasteiger charge is 2.50. The number of rotatable bonds is 2. The number of halogens is 1. The van der Waals surface area contributed by atoms with E-state index in [2.05, 4.69) is 10.00 Å². The van der Waals surface area contributed by atoms with Gasteiger partial charge >= 0.3 is 0 Å². The van der Waals surface area contributed by atoms with Crippen molar-refractivity contribution in [1.82, 2.24) is 14.7 Å². The fourth-order valence-electron chi connectivity index (χ4n) is 2.55. The van der Waals surface area contributed by atoms with Crippen molar-refractivity contribution in [2.45, 2.75) is 31.8 Å².